The maximum Gasteiger partial charge on any atom is 0.318 e. The minimum absolute atomic E-state index is 0.160. The molecule has 20 heavy (non-hydrogen) atoms. The maximum atomic E-state index is 5.88. The molecule has 1 aromatic heterocycles. The largest absolute Gasteiger partial charge is 0.407 e. The van der Waals surface area contributed by atoms with Gasteiger partial charge in [-0.25, -0.2) is 0 Å². The first-order valence-corrected chi connectivity index (χ1v) is 7.31. The monoisotopic (exact) mass is 282 g/mol. The molecule has 0 bridgehead atoms. The summed E-state index contributed by atoms with van der Waals surface area (Å²) in [6.45, 7) is 13.7. The average molecular weight is 282 g/mol. The quantitative estimate of drug-likeness (QED) is 0.889. The summed E-state index contributed by atoms with van der Waals surface area (Å²) < 4.78 is 11.6. The number of hydrogen-bond donors (Lipinski definition) is 1. The van der Waals surface area contributed by atoms with Gasteiger partial charge in [-0.3, -0.25) is 0 Å². The van der Waals surface area contributed by atoms with Crippen molar-refractivity contribution in [3.63, 3.8) is 0 Å². The minimum Gasteiger partial charge on any atom is -0.407 e. The summed E-state index contributed by atoms with van der Waals surface area (Å²) in [4.78, 5) is 2.10. The molecule has 6 heteroatoms. The van der Waals surface area contributed by atoms with Crippen molar-refractivity contribution in [2.75, 3.05) is 24.5 Å². The van der Waals surface area contributed by atoms with Gasteiger partial charge in [-0.1, -0.05) is 18.9 Å². The second kappa shape index (κ2) is 6.10. The fourth-order valence-electron chi connectivity index (χ4n) is 2.51. The normalized spacial score (nSPS) is 22.5. The number of ether oxygens (including phenoxy) is 1. The topological polar surface area (TPSA) is 63.4 Å². The Balaban J connectivity index is 1.94. The van der Waals surface area contributed by atoms with Crippen LogP contribution in [0, 0.1) is 5.92 Å². The van der Waals surface area contributed by atoms with E-state index >= 15 is 0 Å². The third-order valence-electron chi connectivity index (χ3n) is 3.12. The van der Waals surface area contributed by atoms with Crippen molar-refractivity contribution in [1.29, 1.82) is 0 Å². The van der Waals surface area contributed by atoms with E-state index in [4.69, 9.17) is 9.15 Å². The van der Waals surface area contributed by atoms with Crippen molar-refractivity contribution in [2.45, 2.75) is 52.9 Å². The van der Waals surface area contributed by atoms with Crippen LogP contribution in [0.4, 0.5) is 6.01 Å². The minimum atomic E-state index is -0.192. The van der Waals surface area contributed by atoms with Crippen LogP contribution in [0.15, 0.2) is 4.42 Å². The van der Waals surface area contributed by atoms with Gasteiger partial charge in [0.15, 0.2) is 0 Å². The molecule has 1 atom stereocenters. The van der Waals surface area contributed by atoms with Crippen LogP contribution in [0.25, 0.3) is 0 Å². The molecule has 0 radical (unpaired) electrons. The van der Waals surface area contributed by atoms with Gasteiger partial charge in [-0.15, -0.1) is 5.10 Å². The van der Waals surface area contributed by atoms with Crippen molar-refractivity contribution in [3.8, 4) is 0 Å². The number of nitrogens with one attached hydrogen (secondary N) is 1. The second-order valence-electron chi connectivity index (χ2n) is 6.57. The van der Waals surface area contributed by atoms with Crippen LogP contribution < -0.4 is 10.2 Å². The SMILES string of the molecule is CC(C)CNCc1nnc(N2CC(C)OC(C)(C)C2)o1. The first-order chi connectivity index (χ1) is 9.35. The van der Waals surface area contributed by atoms with Crippen LogP contribution in [0.1, 0.15) is 40.5 Å². The molecular weight excluding hydrogens is 256 g/mol. The predicted octanol–water partition coefficient (Wildman–Crippen LogP) is 1.82. The number of hydrogen-bond acceptors (Lipinski definition) is 6. The van der Waals surface area contributed by atoms with E-state index in [0.717, 1.165) is 19.6 Å². The van der Waals surface area contributed by atoms with E-state index in [1.54, 1.807) is 0 Å². The number of nitrogens with zero attached hydrogens (tertiary/aromatic N) is 3. The highest BCUT2D eigenvalue weighted by Crippen LogP contribution is 2.24. The van der Waals surface area contributed by atoms with Gasteiger partial charge in [0.1, 0.15) is 0 Å². The second-order valence-corrected chi connectivity index (χ2v) is 6.57. The van der Waals surface area contributed by atoms with Gasteiger partial charge in [0.2, 0.25) is 5.89 Å². The van der Waals surface area contributed by atoms with Crippen LogP contribution in [-0.4, -0.2) is 41.5 Å². The summed E-state index contributed by atoms with van der Waals surface area (Å²) in [7, 11) is 0. The van der Waals surface area contributed by atoms with Crippen LogP contribution >= 0.6 is 0 Å². The zero-order valence-electron chi connectivity index (χ0n) is 13.1. The standard InChI is InChI=1S/C14H26N4O2/c1-10(2)6-15-7-12-16-17-13(19-12)18-8-11(3)20-14(4,5)9-18/h10-11,15H,6-9H2,1-5H3. The van der Waals surface area contributed by atoms with Crippen LogP contribution in [-0.2, 0) is 11.3 Å². The van der Waals surface area contributed by atoms with Gasteiger partial charge < -0.3 is 19.4 Å². The molecule has 1 N–H and O–H groups in total. The van der Waals surface area contributed by atoms with Gasteiger partial charge in [0.05, 0.1) is 24.8 Å². The van der Waals surface area contributed by atoms with Gasteiger partial charge in [-0.2, -0.15) is 0 Å². The van der Waals surface area contributed by atoms with Crippen molar-refractivity contribution >= 4 is 6.01 Å². The zero-order valence-corrected chi connectivity index (χ0v) is 13.1. The molecule has 0 amide bonds. The Hall–Kier alpha value is -1.14. The lowest BCUT2D eigenvalue weighted by molar-refractivity contribution is -0.0761. The van der Waals surface area contributed by atoms with E-state index < -0.39 is 0 Å². The number of aromatic nitrogens is 2. The molecule has 0 aromatic carbocycles. The van der Waals surface area contributed by atoms with E-state index in [9.17, 15) is 0 Å². The number of morpholine rings is 1. The van der Waals surface area contributed by atoms with E-state index in [0.29, 0.717) is 24.4 Å². The highest BCUT2D eigenvalue weighted by atomic mass is 16.5. The summed E-state index contributed by atoms with van der Waals surface area (Å²) >= 11 is 0. The van der Waals surface area contributed by atoms with Crippen LogP contribution in [0.2, 0.25) is 0 Å². The summed E-state index contributed by atoms with van der Waals surface area (Å²) in [5, 5.41) is 11.6. The van der Waals surface area contributed by atoms with Crippen molar-refractivity contribution in [1.82, 2.24) is 15.5 Å². The Kier molecular flexibility index (Phi) is 4.65. The molecule has 1 unspecified atom stereocenters. The molecule has 0 saturated carbocycles. The maximum absolute atomic E-state index is 5.88. The fourth-order valence-corrected chi connectivity index (χ4v) is 2.51. The van der Waals surface area contributed by atoms with E-state index in [1.807, 2.05) is 0 Å². The Morgan fingerprint density at radius 3 is 2.80 bits per heavy atom. The lowest BCUT2D eigenvalue weighted by atomic mass is 10.1. The summed E-state index contributed by atoms with van der Waals surface area (Å²) in [5.41, 5.74) is -0.192. The first kappa shape index (κ1) is 15.3. The molecule has 1 fully saturated rings. The van der Waals surface area contributed by atoms with E-state index in [1.165, 1.54) is 0 Å². The molecule has 0 spiro atoms. The van der Waals surface area contributed by atoms with Crippen LogP contribution in [0.5, 0.6) is 0 Å². The molecular formula is C14H26N4O2. The summed E-state index contributed by atoms with van der Waals surface area (Å²) in [6, 6.07) is 0.592. The smallest absolute Gasteiger partial charge is 0.318 e. The molecule has 1 saturated heterocycles. The van der Waals surface area contributed by atoms with Gasteiger partial charge in [0.25, 0.3) is 0 Å². The van der Waals surface area contributed by atoms with E-state index in [-0.39, 0.29) is 11.7 Å². The Morgan fingerprint density at radius 1 is 1.40 bits per heavy atom. The number of rotatable bonds is 5. The lowest BCUT2D eigenvalue weighted by Crippen LogP contribution is -2.52. The Labute approximate surface area is 120 Å². The third kappa shape index (κ3) is 4.18. The van der Waals surface area contributed by atoms with Crippen molar-refractivity contribution in [3.05, 3.63) is 5.89 Å². The molecule has 2 heterocycles. The van der Waals surface area contributed by atoms with Gasteiger partial charge in [0, 0.05) is 6.54 Å². The fraction of sp³-hybridized carbons (Fsp3) is 0.857. The number of anilines is 1. The van der Waals surface area contributed by atoms with E-state index in [2.05, 4.69) is 55.0 Å². The van der Waals surface area contributed by atoms with Crippen molar-refractivity contribution in [2.24, 2.45) is 5.92 Å². The first-order valence-electron chi connectivity index (χ1n) is 7.31. The van der Waals surface area contributed by atoms with Crippen LogP contribution in [0.3, 0.4) is 0 Å². The summed E-state index contributed by atoms with van der Waals surface area (Å²) in [5.74, 6) is 1.25. The molecule has 6 nitrogen and oxygen atoms in total. The molecule has 2 rings (SSSR count). The lowest BCUT2D eigenvalue weighted by Gasteiger charge is -2.40. The Morgan fingerprint density at radius 2 is 2.15 bits per heavy atom. The molecule has 0 aliphatic carbocycles. The molecule has 1 aliphatic heterocycles. The predicted molar refractivity (Wildman–Crippen MR) is 77.7 cm³/mol. The third-order valence-corrected chi connectivity index (χ3v) is 3.12. The highest BCUT2D eigenvalue weighted by Gasteiger charge is 2.33. The molecule has 1 aromatic rings. The summed E-state index contributed by atoms with van der Waals surface area (Å²) in [6.07, 6.45) is 0.160. The average Bonchev–Trinajstić information content (AvgIpc) is 2.74. The zero-order chi connectivity index (χ0) is 14.8. The molecule has 114 valence electrons. The van der Waals surface area contributed by atoms with Gasteiger partial charge >= 0.3 is 6.01 Å². The molecule has 1 aliphatic rings. The van der Waals surface area contributed by atoms with Gasteiger partial charge in [-0.05, 0) is 33.2 Å². The highest BCUT2D eigenvalue weighted by molar-refractivity contribution is 5.26. The Bertz CT molecular complexity index is 431. The van der Waals surface area contributed by atoms with Crippen molar-refractivity contribution < 1.29 is 9.15 Å².